The van der Waals surface area contributed by atoms with Crippen molar-refractivity contribution in [1.82, 2.24) is 5.32 Å². The molecule has 0 saturated carbocycles. The second-order valence-electron chi connectivity index (χ2n) is 6.43. The van der Waals surface area contributed by atoms with E-state index in [-0.39, 0.29) is 11.8 Å². The molecule has 142 valence electrons. The standard InChI is InChI=1S/C20H22ClN3O3/c1-27-18-11-17(22)16(21)10-15(18)20(26)23-12-13-5-7-14(8-6-13)24-9-3-2-4-19(24)25/h5-8,10-11H,2-4,9,12,22H2,1H3,(H,23,26). The van der Waals surface area contributed by atoms with Gasteiger partial charge in [-0.15, -0.1) is 0 Å². The quantitative estimate of drug-likeness (QED) is 0.770. The predicted octanol–water partition coefficient (Wildman–Crippen LogP) is 3.38. The van der Waals surface area contributed by atoms with Crippen LogP contribution in [0, 0.1) is 0 Å². The third-order valence-corrected chi connectivity index (χ3v) is 4.92. The van der Waals surface area contributed by atoms with Crippen molar-refractivity contribution in [3.05, 3.63) is 52.5 Å². The van der Waals surface area contributed by atoms with Crippen LogP contribution in [0.25, 0.3) is 0 Å². The van der Waals surface area contributed by atoms with Gasteiger partial charge in [0.05, 0.1) is 23.4 Å². The molecule has 1 saturated heterocycles. The van der Waals surface area contributed by atoms with E-state index in [9.17, 15) is 9.59 Å². The normalized spacial score (nSPS) is 14.1. The SMILES string of the molecule is COc1cc(N)c(Cl)cc1C(=O)NCc1ccc(N2CCCCC2=O)cc1. The Bertz CT molecular complexity index is 852. The average Bonchev–Trinajstić information content (AvgIpc) is 2.68. The lowest BCUT2D eigenvalue weighted by molar-refractivity contribution is -0.119. The summed E-state index contributed by atoms with van der Waals surface area (Å²) in [4.78, 5) is 26.3. The Kier molecular flexibility index (Phi) is 5.86. The largest absolute Gasteiger partial charge is 0.496 e. The number of halogens is 1. The van der Waals surface area contributed by atoms with E-state index in [1.807, 2.05) is 29.2 Å². The molecule has 0 unspecified atom stereocenters. The van der Waals surface area contributed by atoms with E-state index >= 15 is 0 Å². The second kappa shape index (κ2) is 8.31. The van der Waals surface area contributed by atoms with Gasteiger partial charge in [0.1, 0.15) is 5.75 Å². The van der Waals surface area contributed by atoms with Crippen LogP contribution in [0.3, 0.4) is 0 Å². The zero-order valence-corrected chi connectivity index (χ0v) is 15.9. The minimum absolute atomic E-state index is 0.162. The van der Waals surface area contributed by atoms with Gasteiger partial charge in [0.25, 0.3) is 5.91 Å². The van der Waals surface area contributed by atoms with E-state index in [0.717, 1.165) is 30.6 Å². The van der Waals surface area contributed by atoms with E-state index in [2.05, 4.69) is 5.32 Å². The highest BCUT2D eigenvalue weighted by Crippen LogP contribution is 2.29. The van der Waals surface area contributed by atoms with E-state index in [1.54, 1.807) is 0 Å². The molecular formula is C20H22ClN3O3. The smallest absolute Gasteiger partial charge is 0.255 e. The van der Waals surface area contributed by atoms with Crippen molar-refractivity contribution in [3.8, 4) is 5.75 Å². The maximum Gasteiger partial charge on any atom is 0.255 e. The summed E-state index contributed by atoms with van der Waals surface area (Å²) >= 11 is 6.01. The number of carbonyl (C=O) groups excluding carboxylic acids is 2. The van der Waals surface area contributed by atoms with Crippen molar-refractivity contribution in [2.24, 2.45) is 0 Å². The number of piperidine rings is 1. The third kappa shape index (κ3) is 4.34. The fourth-order valence-corrected chi connectivity index (χ4v) is 3.23. The van der Waals surface area contributed by atoms with E-state index < -0.39 is 0 Å². The van der Waals surface area contributed by atoms with Crippen molar-refractivity contribution in [2.45, 2.75) is 25.8 Å². The number of amides is 2. The number of hydrogen-bond acceptors (Lipinski definition) is 4. The van der Waals surface area contributed by atoms with Gasteiger partial charge in [-0.3, -0.25) is 9.59 Å². The van der Waals surface area contributed by atoms with Gasteiger partial charge in [-0.1, -0.05) is 23.7 Å². The molecule has 27 heavy (non-hydrogen) atoms. The van der Waals surface area contributed by atoms with Gasteiger partial charge in [0, 0.05) is 31.3 Å². The van der Waals surface area contributed by atoms with Gasteiger partial charge in [0.15, 0.2) is 0 Å². The Balaban J connectivity index is 1.66. The number of nitrogen functional groups attached to an aromatic ring is 1. The summed E-state index contributed by atoms with van der Waals surface area (Å²) in [6.07, 6.45) is 2.58. The van der Waals surface area contributed by atoms with Crippen LogP contribution in [0.15, 0.2) is 36.4 Å². The molecule has 0 aromatic heterocycles. The number of benzene rings is 2. The Labute approximate surface area is 163 Å². The Morgan fingerprint density at radius 2 is 2.00 bits per heavy atom. The number of carbonyl (C=O) groups is 2. The van der Waals surface area contributed by atoms with Gasteiger partial charge in [-0.2, -0.15) is 0 Å². The molecule has 2 amide bonds. The number of methoxy groups -OCH3 is 1. The third-order valence-electron chi connectivity index (χ3n) is 4.59. The number of rotatable bonds is 5. The molecule has 0 atom stereocenters. The maximum atomic E-state index is 12.5. The monoisotopic (exact) mass is 387 g/mol. The van der Waals surface area contributed by atoms with Crippen LogP contribution in [-0.4, -0.2) is 25.5 Å². The van der Waals surface area contributed by atoms with E-state index in [0.29, 0.717) is 35.0 Å². The van der Waals surface area contributed by atoms with Gasteiger partial charge < -0.3 is 20.7 Å². The number of hydrogen-bond donors (Lipinski definition) is 2. The van der Waals surface area contributed by atoms with Crippen LogP contribution in [0.4, 0.5) is 11.4 Å². The maximum absolute atomic E-state index is 12.5. The van der Waals surface area contributed by atoms with E-state index in [4.69, 9.17) is 22.1 Å². The van der Waals surface area contributed by atoms with Crippen molar-refractivity contribution in [3.63, 3.8) is 0 Å². The molecule has 1 aliphatic rings. The summed E-state index contributed by atoms with van der Waals surface area (Å²) in [5, 5.41) is 3.15. The number of nitrogens with one attached hydrogen (secondary N) is 1. The minimum atomic E-state index is -0.302. The first kappa shape index (κ1) is 19.0. The molecule has 1 heterocycles. The van der Waals surface area contributed by atoms with Crippen molar-refractivity contribution in [2.75, 3.05) is 24.3 Å². The highest BCUT2D eigenvalue weighted by atomic mass is 35.5. The van der Waals surface area contributed by atoms with Gasteiger partial charge in [-0.25, -0.2) is 0 Å². The number of nitrogens with zero attached hydrogens (tertiary/aromatic N) is 1. The van der Waals surface area contributed by atoms with Gasteiger partial charge >= 0.3 is 0 Å². The van der Waals surface area contributed by atoms with Crippen LogP contribution in [0.1, 0.15) is 35.2 Å². The number of anilines is 2. The zero-order valence-electron chi connectivity index (χ0n) is 15.1. The van der Waals surface area contributed by atoms with Crippen molar-refractivity contribution >= 4 is 34.8 Å². The molecule has 7 heteroatoms. The van der Waals surface area contributed by atoms with Gasteiger partial charge in [0.2, 0.25) is 5.91 Å². The Hall–Kier alpha value is -2.73. The first-order valence-corrected chi connectivity index (χ1v) is 9.18. The Morgan fingerprint density at radius 3 is 2.67 bits per heavy atom. The first-order chi connectivity index (χ1) is 13.0. The molecular weight excluding hydrogens is 366 g/mol. The molecule has 6 nitrogen and oxygen atoms in total. The molecule has 1 fully saturated rings. The highest BCUT2D eigenvalue weighted by molar-refractivity contribution is 6.33. The molecule has 1 aliphatic heterocycles. The summed E-state index contributed by atoms with van der Waals surface area (Å²) < 4.78 is 5.21. The molecule has 0 spiro atoms. The second-order valence-corrected chi connectivity index (χ2v) is 6.83. The highest BCUT2D eigenvalue weighted by Gasteiger charge is 2.19. The minimum Gasteiger partial charge on any atom is -0.496 e. The van der Waals surface area contributed by atoms with Crippen molar-refractivity contribution in [1.29, 1.82) is 0 Å². The van der Waals surface area contributed by atoms with Crippen LogP contribution in [0.2, 0.25) is 5.02 Å². The van der Waals surface area contributed by atoms with Crippen LogP contribution >= 0.6 is 11.6 Å². The lowest BCUT2D eigenvalue weighted by Gasteiger charge is -2.26. The molecule has 3 rings (SSSR count). The zero-order chi connectivity index (χ0) is 19.4. The summed E-state index contributed by atoms with van der Waals surface area (Å²) in [5.41, 5.74) is 8.24. The first-order valence-electron chi connectivity index (χ1n) is 8.80. The molecule has 2 aromatic rings. The van der Waals surface area contributed by atoms with E-state index in [1.165, 1.54) is 19.2 Å². The van der Waals surface area contributed by atoms with Crippen LogP contribution in [0.5, 0.6) is 5.75 Å². The number of ether oxygens (including phenoxy) is 1. The molecule has 0 bridgehead atoms. The summed E-state index contributed by atoms with van der Waals surface area (Å²) in [6, 6.07) is 10.7. The topological polar surface area (TPSA) is 84.7 Å². The Morgan fingerprint density at radius 1 is 1.26 bits per heavy atom. The summed E-state index contributed by atoms with van der Waals surface area (Å²) in [5.74, 6) is 0.229. The van der Waals surface area contributed by atoms with Crippen molar-refractivity contribution < 1.29 is 14.3 Å². The fourth-order valence-electron chi connectivity index (χ4n) is 3.07. The lowest BCUT2D eigenvalue weighted by atomic mass is 10.1. The number of nitrogens with two attached hydrogens (primary N) is 1. The average molecular weight is 388 g/mol. The molecule has 0 aliphatic carbocycles. The summed E-state index contributed by atoms with van der Waals surface area (Å²) in [6.45, 7) is 1.10. The molecule has 0 radical (unpaired) electrons. The fraction of sp³-hybridized carbons (Fsp3) is 0.300. The van der Waals surface area contributed by atoms with Gasteiger partial charge in [-0.05, 0) is 36.6 Å². The lowest BCUT2D eigenvalue weighted by Crippen LogP contribution is -2.35. The van der Waals surface area contributed by atoms with Crippen LogP contribution < -0.4 is 20.7 Å². The summed E-state index contributed by atoms with van der Waals surface area (Å²) in [7, 11) is 1.47. The molecule has 3 N–H and O–H groups in total. The van der Waals surface area contributed by atoms with Crippen LogP contribution in [-0.2, 0) is 11.3 Å². The predicted molar refractivity (Wildman–Crippen MR) is 106 cm³/mol. The molecule has 2 aromatic carbocycles.